The van der Waals surface area contributed by atoms with Crippen LogP contribution in [-0.4, -0.2) is 5.91 Å². The molecule has 0 fully saturated rings. The van der Waals surface area contributed by atoms with Crippen LogP contribution in [0.3, 0.4) is 0 Å². The van der Waals surface area contributed by atoms with Crippen LogP contribution in [0.1, 0.15) is 11.1 Å². The van der Waals surface area contributed by atoms with Crippen LogP contribution in [0, 0.1) is 10.5 Å². The number of amides is 1. The van der Waals surface area contributed by atoms with Crippen molar-refractivity contribution >= 4 is 45.0 Å². The monoisotopic (exact) mass is 401 g/mol. The highest BCUT2D eigenvalue weighted by Crippen LogP contribution is 2.21. The molecule has 0 heterocycles. The van der Waals surface area contributed by atoms with E-state index in [-0.39, 0.29) is 5.91 Å². The van der Waals surface area contributed by atoms with E-state index in [1.165, 1.54) is 8.96 Å². The van der Waals surface area contributed by atoms with Crippen molar-refractivity contribution < 1.29 is 4.79 Å². The van der Waals surface area contributed by atoms with Crippen LogP contribution in [0.25, 0.3) is 10.8 Å². The highest BCUT2D eigenvalue weighted by atomic mass is 127. The third-order valence-electron chi connectivity index (χ3n) is 3.69. The SMILES string of the molecule is Cc1cc(I)ccc1NC(=O)Cc1cccc2ccccc12. The number of halogens is 1. The predicted molar refractivity (Wildman–Crippen MR) is 100 cm³/mol. The quantitative estimate of drug-likeness (QED) is 0.620. The maximum absolute atomic E-state index is 12.3. The summed E-state index contributed by atoms with van der Waals surface area (Å²) < 4.78 is 1.17. The van der Waals surface area contributed by atoms with Crippen LogP contribution >= 0.6 is 22.6 Å². The van der Waals surface area contributed by atoms with Crippen molar-refractivity contribution in [3.63, 3.8) is 0 Å². The maximum Gasteiger partial charge on any atom is 0.228 e. The molecule has 0 saturated heterocycles. The summed E-state index contributed by atoms with van der Waals surface area (Å²) in [6, 6.07) is 20.3. The van der Waals surface area contributed by atoms with E-state index in [1.807, 2.05) is 43.3 Å². The third kappa shape index (κ3) is 3.30. The van der Waals surface area contributed by atoms with Crippen LogP contribution in [0.4, 0.5) is 5.69 Å². The third-order valence-corrected chi connectivity index (χ3v) is 4.36. The number of nitrogens with one attached hydrogen (secondary N) is 1. The van der Waals surface area contributed by atoms with E-state index < -0.39 is 0 Å². The summed E-state index contributed by atoms with van der Waals surface area (Å²) in [5.41, 5.74) is 3.02. The Morgan fingerprint density at radius 2 is 1.82 bits per heavy atom. The van der Waals surface area contributed by atoms with Gasteiger partial charge < -0.3 is 5.32 Å². The molecule has 1 amide bonds. The second-order valence-corrected chi connectivity index (χ2v) is 6.57. The standard InChI is InChI=1S/C19H16INO/c1-13-11-16(20)9-10-18(13)21-19(22)12-15-7-4-6-14-5-2-3-8-17(14)15/h2-11H,12H2,1H3,(H,21,22). The van der Waals surface area contributed by atoms with Gasteiger partial charge in [0.05, 0.1) is 6.42 Å². The number of hydrogen-bond acceptors (Lipinski definition) is 1. The van der Waals surface area contributed by atoms with Gasteiger partial charge in [0.25, 0.3) is 0 Å². The van der Waals surface area contributed by atoms with Crippen molar-refractivity contribution in [3.8, 4) is 0 Å². The molecule has 2 nitrogen and oxygen atoms in total. The van der Waals surface area contributed by atoms with Crippen molar-refractivity contribution in [2.24, 2.45) is 0 Å². The zero-order valence-electron chi connectivity index (χ0n) is 12.3. The van der Waals surface area contributed by atoms with Crippen molar-refractivity contribution in [1.29, 1.82) is 0 Å². The highest BCUT2D eigenvalue weighted by Gasteiger charge is 2.08. The maximum atomic E-state index is 12.3. The highest BCUT2D eigenvalue weighted by molar-refractivity contribution is 14.1. The number of carbonyl (C=O) groups is 1. The Kier molecular flexibility index (Phi) is 4.43. The van der Waals surface area contributed by atoms with Crippen LogP contribution in [0.15, 0.2) is 60.7 Å². The molecule has 3 heteroatoms. The van der Waals surface area contributed by atoms with Crippen molar-refractivity contribution in [2.75, 3.05) is 5.32 Å². The Morgan fingerprint density at radius 1 is 1.05 bits per heavy atom. The molecule has 0 aromatic heterocycles. The number of aryl methyl sites for hydroxylation is 1. The molecule has 0 saturated carbocycles. The first-order valence-corrected chi connectivity index (χ1v) is 8.24. The van der Waals surface area contributed by atoms with Gasteiger partial charge >= 0.3 is 0 Å². The lowest BCUT2D eigenvalue weighted by Gasteiger charge is -2.10. The zero-order chi connectivity index (χ0) is 15.5. The lowest BCUT2D eigenvalue weighted by atomic mass is 10.0. The molecule has 22 heavy (non-hydrogen) atoms. The van der Waals surface area contributed by atoms with Gasteiger partial charge in [-0.3, -0.25) is 4.79 Å². The van der Waals surface area contributed by atoms with E-state index in [1.54, 1.807) is 0 Å². The first kappa shape index (κ1) is 15.0. The van der Waals surface area contributed by atoms with Gasteiger partial charge in [0, 0.05) is 9.26 Å². The topological polar surface area (TPSA) is 29.1 Å². The van der Waals surface area contributed by atoms with Gasteiger partial charge in [-0.15, -0.1) is 0 Å². The molecule has 0 atom stereocenters. The summed E-state index contributed by atoms with van der Waals surface area (Å²) in [5.74, 6) is 0.0145. The predicted octanol–water partition coefficient (Wildman–Crippen LogP) is 4.93. The molecule has 0 radical (unpaired) electrons. The van der Waals surface area contributed by atoms with Gasteiger partial charge in [-0.25, -0.2) is 0 Å². The first-order chi connectivity index (χ1) is 10.6. The summed E-state index contributed by atoms with van der Waals surface area (Å²) >= 11 is 2.27. The lowest BCUT2D eigenvalue weighted by Crippen LogP contribution is -2.15. The fourth-order valence-corrected chi connectivity index (χ4v) is 3.23. The van der Waals surface area contributed by atoms with Crippen LogP contribution < -0.4 is 5.32 Å². The number of hydrogen-bond donors (Lipinski definition) is 1. The van der Waals surface area contributed by atoms with Crippen LogP contribution in [0.2, 0.25) is 0 Å². The van der Waals surface area contributed by atoms with E-state index in [0.29, 0.717) is 6.42 Å². The molecule has 0 aliphatic carbocycles. The zero-order valence-corrected chi connectivity index (χ0v) is 14.4. The Morgan fingerprint density at radius 3 is 2.64 bits per heavy atom. The molecular weight excluding hydrogens is 385 g/mol. The molecule has 3 aromatic rings. The number of rotatable bonds is 3. The summed E-state index contributed by atoms with van der Waals surface area (Å²) in [6.07, 6.45) is 0.382. The van der Waals surface area contributed by atoms with Crippen molar-refractivity contribution in [1.82, 2.24) is 0 Å². The summed E-state index contributed by atoms with van der Waals surface area (Å²) in [5, 5.41) is 5.31. The molecule has 0 aliphatic rings. The molecule has 110 valence electrons. The second kappa shape index (κ2) is 6.48. The Balaban J connectivity index is 1.81. The fraction of sp³-hybridized carbons (Fsp3) is 0.105. The molecular formula is C19H16INO. The first-order valence-electron chi connectivity index (χ1n) is 7.16. The van der Waals surface area contributed by atoms with Crippen LogP contribution in [0.5, 0.6) is 0 Å². The summed E-state index contributed by atoms with van der Waals surface area (Å²) in [6.45, 7) is 2.01. The van der Waals surface area contributed by atoms with Crippen molar-refractivity contribution in [3.05, 3.63) is 75.4 Å². The largest absolute Gasteiger partial charge is 0.326 e. The van der Waals surface area contributed by atoms with Gasteiger partial charge in [-0.1, -0.05) is 42.5 Å². The van der Waals surface area contributed by atoms with Gasteiger partial charge in [0.2, 0.25) is 5.91 Å². The Bertz CT molecular complexity index is 836. The minimum absolute atomic E-state index is 0.0145. The molecule has 3 aromatic carbocycles. The lowest BCUT2D eigenvalue weighted by molar-refractivity contribution is -0.115. The Hall–Kier alpha value is -1.88. The second-order valence-electron chi connectivity index (χ2n) is 5.32. The summed E-state index contributed by atoms with van der Waals surface area (Å²) in [4.78, 5) is 12.3. The van der Waals surface area contributed by atoms with E-state index in [2.05, 4.69) is 52.2 Å². The number of carbonyl (C=O) groups excluding carboxylic acids is 1. The average Bonchev–Trinajstić information content (AvgIpc) is 2.50. The minimum Gasteiger partial charge on any atom is -0.326 e. The molecule has 0 bridgehead atoms. The molecule has 3 rings (SSSR count). The molecule has 0 spiro atoms. The fourth-order valence-electron chi connectivity index (χ4n) is 2.58. The van der Waals surface area contributed by atoms with E-state index in [4.69, 9.17) is 0 Å². The Labute approximate surface area is 143 Å². The van der Waals surface area contributed by atoms with E-state index in [0.717, 1.165) is 22.2 Å². The number of benzene rings is 3. The van der Waals surface area contributed by atoms with Crippen molar-refractivity contribution in [2.45, 2.75) is 13.3 Å². The normalized spacial score (nSPS) is 10.6. The number of anilines is 1. The molecule has 0 aliphatic heterocycles. The van der Waals surface area contributed by atoms with Gasteiger partial charge in [-0.05, 0) is 69.6 Å². The smallest absolute Gasteiger partial charge is 0.228 e. The number of fused-ring (bicyclic) bond motifs is 1. The van der Waals surface area contributed by atoms with E-state index in [9.17, 15) is 4.79 Å². The molecule has 1 N–H and O–H groups in total. The minimum atomic E-state index is 0.0145. The average molecular weight is 401 g/mol. The van der Waals surface area contributed by atoms with Crippen LogP contribution in [-0.2, 0) is 11.2 Å². The van der Waals surface area contributed by atoms with Gasteiger partial charge in [-0.2, -0.15) is 0 Å². The molecule has 0 unspecified atom stereocenters. The van der Waals surface area contributed by atoms with E-state index >= 15 is 0 Å². The summed E-state index contributed by atoms with van der Waals surface area (Å²) in [7, 11) is 0. The van der Waals surface area contributed by atoms with Gasteiger partial charge in [0.15, 0.2) is 0 Å². The van der Waals surface area contributed by atoms with Gasteiger partial charge in [0.1, 0.15) is 0 Å².